The number of nitrogens with two attached hydrogens (primary N) is 1. The van der Waals surface area contributed by atoms with Crippen molar-refractivity contribution in [2.24, 2.45) is 5.73 Å². The third-order valence-corrected chi connectivity index (χ3v) is 3.85. The summed E-state index contributed by atoms with van der Waals surface area (Å²) in [5.41, 5.74) is 7.19. The first-order chi connectivity index (χ1) is 7.59. The first-order valence-electron chi connectivity index (χ1n) is 4.84. The van der Waals surface area contributed by atoms with Gasteiger partial charge in [0, 0.05) is 14.9 Å². The molecule has 1 nitrogen and oxygen atoms in total. The van der Waals surface area contributed by atoms with Crippen LogP contribution in [0.1, 0.15) is 22.0 Å². The number of hydrogen-bond acceptors (Lipinski definition) is 2. The van der Waals surface area contributed by atoms with E-state index in [1.807, 2.05) is 17.5 Å². The van der Waals surface area contributed by atoms with E-state index in [0.717, 1.165) is 9.35 Å². The molecule has 1 heterocycles. The lowest BCUT2D eigenvalue weighted by atomic mass is 10.0. The quantitative estimate of drug-likeness (QED) is 0.891. The molecular formula is C12H11BrFNS. The lowest BCUT2D eigenvalue weighted by Crippen LogP contribution is -2.13. The Morgan fingerprint density at radius 1 is 1.44 bits per heavy atom. The maximum Gasteiger partial charge on any atom is 0.131 e. The molecule has 2 N–H and O–H groups in total. The first kappa shape index (κ1) is 11.8. The molecular weight excluding hydrogens is 289 g/mol. The second kappa shape index (κ2) is 4.65. The number of hydrogen-bond donors (Lipinski definition) is 1. The van der Waals surface area contributed by atoms with E-state index in [0.29, 0.717) is 11.1 Å². The molecule has 2 aromatic rings. The molecule has 0 aliphatic rings. The Balaban J connectivity index is 2.48. The van der Waals surface area contributed by atoms with Crippen LogP contribution >= 0.6 is 27.3 Å². The van der Waals surface area contributed by atoms with Gasteiger partial charge in [0.2, 0.25) is 0 Å². The van der Waals surface area contributed by atoms with Crippen molar-refractivity contribution in [3.63, 3.8) is 0 Å². The van der Waals surface area contributed by atoms with Gasteiger partial charge >= 0.3 is 0 Å². The van der Waals surface area contributed by atoms with Gasteiger partial charge < -0.3 is 5.73 Å². The van der Waals surface area contributed by atoms with Gasteiger partial charge in [-0.15, -0.1) is 11.3 Å². The summed E-state index contributed by atoms with van der Waals surface area (Å²) in [5, 5.41) is 1.94. The van der Waals surface area contributed by atoms with Crippen LogP contribution in [0.25, 0.3) is 0 Å². The second-order valence-electron chi connectivity index (χ2n) is 3.62. The normalized spacial score (nSPS) is 12.8. The van der Waals surface area contributed by atoms with E-state index in [2.05, 4.69) is 15.9 Å². The summed E-state index contributed by atoms with van der Waals surface area (Å²) in [5.74, 6) is -0.218. The van der Waals surface area contributed by atoms with Gasteiger partial charge in [0.15, 0.2) is 0 Å². The van der Waals surface area contributed by atoms with Crippen LogP contribution < -0.4 is 5.73 Å². The van der Waals surface area contributed by atoms with Crippen molar-refractivity contribution < 1.29 is 4.39 Å². The molecule has 0 radical (unpaired) electrons. The topological polar surface area (TPSA) is 26.0 Å². The fourth-order valence-electron chi connectivity index (χ4n) is 1.60. The molecule has 0 saturated carbocycles. The maximum atomic E-state index is 13.9. The molecule has 0 saturated heterocycles. The van der Waals surface area contributed by atoms with Gasteiger partial charge in [-0.2, -0.15) is 0 Å². The Labute approximate surface area is 106 Å². The van der Waals surface area contributed by atoms with Crippen LogP contribution in [-0.4, -0.2) is 0 Å². The van der Waals surface area contributed by atoms with Crippen molar-refractivity contribution in [2.45, 2.75) is 13.0 Å². The zero-order valence-corrected chi connectivity index (χ0v) is 11.1. The fourth-order valence-corrected chi connectivity index (χ4v) is 2.93. The summed E-state index contributed by atoms with van der Waals surface area (Å²) < 4.78 is 14.8. The Bertz CT molecular complexity index is 496. The summed E-state index contributed by atoms with van der Waals surface area (Å²) in [4.78, 5) is 0.969. The first-order valence-corrected chi connectivity index (χ1v) is 6.51. The highest BCUT2D eigenvalue weighted by atomic mass is 79.9. The molecule has 84 valence electrons. The van der Waals surface area contributed by atoms with E-state index >= 15 is 0 Å². The molecule has 1 aromatic heterocycles. The Kier molecular flexibility index (Phi) is 3.42. The molecule has 0 fully saturated rings. The van der Waals surface area contributed by atoms with Gasteiger partial charge in [-0.05, 0) is 36.1 Å². The number of benzene rings is 1. The van der Waals surface area contributed by atoms with Crippen molar-refractivity contribution in [3.05, 3.63) is 55.9 Å². The third kappa shape index (κ3) is 2.19. The SMILES string of the molecule is Cc1cc(Br)cc([C@@H](N)c2cccs2)c1F. The molecule has 4 heteroatoms. The number of aryl methyl sites for hydroxylation is 1. The highest BCUT2D eigenvalue weighted by Gasteiger charge is 2.16. The summed E-state index contributed by atoms with van der Waals surface area (Å²) in [6.07, 6.45) is 0. The monoisotopic (exact) mass is 299 g/mol. The van der Waals surface area contributed by atoms with Crippen LogP contribution in [0, 0.1) is 12.7 Å². The second-order valence-corrected chi connectivity index (χ2v) is 5.51. The summed E-state index contributed by atoms with van der Waals surface area (Å²) >= 11 is 4.90. The Morgan fingerprint density at radius 2 is 2.19 bits per heavy atom. The minimum atomic E-state index is -0.392. The van der Waals surface area contributed by atoms with E-state index in [1.165, 1.54) is 11.3 Å². The number of thiophene rings is 1. The molecule has 16 heavy (non-hydrogen) atoms. The van der Waals surface area contributed by atoms with Crippen LogP contribution in [0.5, 0.6) is 0 Å². The summed E-state index contributed by atoms with van der Waals surface area (Å²) in [7, 11) is 0. The van der Waals surface area contributed by atoms with E-state index in [9.17, 15) is 4.39 Å². The van der Waals surface area contributed by atoms with Gasteiger partial charge in [-0.1, -0.05) is 22.0 Å². The van der Waals surface area contributed by atoms with E-state index in [1.54, 1.807) is 19.1 Å². The van der Waals surface area contributed by atoms with Crippen LogP contribution in [0.3, 0.4) is 0 Å². The van der Waals surface area contributed by atoms with Gasteiger partial charge in [0.05, 0.1) is 6.04 Å². The minimum Gasteiger partial charge on any atom is -0.320 e. The van der Waals surface area contributed by atoms with Crippen molar-refractivity contribution in [1.29, 1.82) is 0 Å². The van der Waals surface area contributed by atoms with E-state index in [4.69, 9.17) is 5.73 Å². The smallest absolute Gasteiger partial charge is 0.131 e. The average molecular weight is 300 g/mol. The average Bonchev–Trinajstić information content (AvgIpc) is 2.75. The predicted octanol–water partition coefficient (Wildman–Crippen LogP) is 4.01. The Morgan fingerprint density at radius 3 is 2.81 bits per heavy atom. The van der Waals surface area contributed by atoms with Crippen LogP contribution in [-0.2, 0) is 0 Å². The molecule has 0 bridgehead atoms. The molecule has 0 amide bonds. The highest BCUT2D eigenvalue weighted by Crippen LogP contribution is 2.29. The Hall–Kier alpha value is -0.710. The maximum absolute atomic E-state index is 13.9. The standard InChI is InChI=1S/C12H11BrFNS/c1-7-5-8(13)6-9(11(7)14)12(15)10-3-2-4-16-10/h2-6,12H,15H2,1H3/t12-/m1/s1. The van der Waals surface area contributed by atoms with Crippen LogP contribution in [0.4, 0.5) is 4.39 Å². The molecule has 0 aliphatic heterocycles. The highest BCUT2D eigenvalue weighted by molar-refractivity contribution is 9.10. The zero-order chi connectivity index (χ0) is 11.7. The molecule has 1 aromatic carbocycles. The van der Waals surface area contributed by atoms with Crippen molar-refractivity contribution in [3.8, 4) is 0 Å². The molecule has 2 rings (SSSR count). The number of halogens is 2. The van der Waals surface area contributed by atoms with Crippen molar-refractivity contribution >= 4 is 27.3 Å². The van der Waals surface area contributed by atoms with Gasteiger partial charge in [0.25, 0.3) is 0 Å². The fraction of sp³-hybridized carbons (Fsp3) is 0.167. The van der Waals surface area contributed by atoms with Gasteiger partial charge in [-0.25, -0.2) is 4.39 Å². The molecule has 0 aliphatic carbocycles. The molecule has 0 spiro atoms. The van der Waals surface area contributed by atoms with Gasteiger partial charge in [0.1, 0.15) is 5.82 Å². The van der Waals surface area contributed by atoms with Crippen molar-refractivity contribution in [1.82, 2.24) is 0 Å². The largest absolute Gasteiger partial charge is 0.320 e. The van der Waals surface area contributed by atoms with Gasteiger partial charge in [-0.3, -0.25) is 0 Å². The van der Waals surface area contributed by atoms with Crippen LogP contribution in [0.2, 0.25) is 0 Å². The predicted molar refractivity (Wildman–Crippen MR) is 69.2 cm³/mol. The third-order valence-electron chi connectivity index (χ3n) is 2.43. The molecule has 1 atom stereocenters. The zero-order valence-electron chi connectivity index (χ0n) is 8.71. The van der Waals surface area contributed by atoms with Crippen LogP contribution in [0.15, 0.2) is 34.1 Å². The van der Waals surface area contributed by atoms with Crippen molar-refractivity contribution in [2.75, 3.05) is 0 Å². The van der Waals surface area contributed by atoms with E-state index in [-0.39, 0.29) is 5.82 Å². The summed E-state index contributed by atoms with van der Waals surface area (Å²) in [6.45, 7) is 1.74. The minimum absolute atomic E-state index is 0.218. The lowest BCUT2D eigenvalue weighted by Gasteiger charge is -2.13. The summed E-state index contributed by atoms with van der Waals surface area (Å²) in [6, 6.07) is 6.94. The lowest BCUT2D eigenvalue weighted by molar-refractivity contribution is 0.592. The number of rotatable bonds is 2. The molecule has 0 unspecified atom stereocenters. The van der Waals surface area contributed by atoms with E-state index < -0.39 is 6.04 Å².